The zero-order valence-corrected chi connectivity index (χ0v) is 10.5. The number of nitrogens with two attached hydrogens (primary N) is 1. The van der Waals surface area contributed by atoms with Crippen molar-refractivity contribution in [3.63, 3.8) is 0 Å². The Morgan fingerprint density at radius 1 is 1.65 bits per heavy atom. The van der Waals surface area contributed by atoms with Crippen LogP contribution in [-0.4, -0.2) is 34.8 Å². The zero-order chi connectivity index (χ0) is 12.3. The number of anilines is 1. The van der Waals surface area contributed by atoms with Crippen LogP contribution in [0.1, 0.15) is 18.4 Å². The van der Waals surface area contributed by atoms with E-state index >= 15 is 0 Å². The molecule has 1 aromatic heterocycles. The van der Waals surface area contributed by atoms with Gasteiger partial charge in [0.2, 0.25) is 0 Å². The molecule has 2 heterocycles. The van der Waals surface area contributed by atoms with Crippen molar-refractivity contribution in [2.24, 2.45) is 11.7 Å². The molecule has 4 nitrogen and oxygen atoms in total. The van der Waals surface area contributed by atoms with Gasteiger partial charge >= 0.3 is 0 Å². The molecule has 3 N–H and O–H groups in total. The highest BCUT2D eigenvalue weighted by molar-refractivity contribution is 7.80. The van der Waals surface area contributed by atoms with Crippen molar-refractivity contribution in [3.8, 4) is 0 Å². The van der Waals surface area contributed by atoms with Crippen LogP contribution in [0.5, 0.6) is 0 Å². The van der Waals surface area contributed by atoms with E-state index in [2.05, 4.69) is 9.88 Å². The van der Waals surface area contributed by atoms with Crippen LogP contribution in [0.25, 0.3) is 0 Å². The van der Waals surface area contributed by atoms with E-state index in [0.29, 0.717) is 10.9 Å². The highest BCUT2D eigenvalue weighted by atomic mass is 32.1. The largest absolute Gasteiger partial charge is 0.396 e. The van der Waals surface area contributed by atoms with Crippen molar-refractivity contribution in [2.75, 3.05) is 24.6 Å². The number of hydrogen-bond acceptors (Lipinski definition) is 4. The van der Waals surface area contributed by atoms with E-state index in [-0.39, 0.29) is 6.61 Å². The molecular formula is C12H17N3OS. The molecule has 0 saturated carbocycles. The summed E-state index contributed by atoms with van der Waals surface area (Å²) in [7, 11) is 0. The van der Waals surface area contributed by atoms with Gasteiger partial charge in [0.05, 0.1) is 5.56 Å². The van der Waals surface area contributed by atoms with Gasteiger partial charge in [0.25, 0.3) is 0 Å². The fourth-order valence-corrected chi connectivity index (χ4v) is 2.44. The molecule has 0 radical (unpaired) electrons. The third-order valence-corrected chi connectivity index (χ3v) is 3.39. The lowest BCUT2D eigenvalue weighted by atomic mass is 10.1. The number of thiocarbonyl (C=S) groups is 1. The van der Waals surface area contributed by atoms with Crippen molar-refractivity contribution in [1.82, 2.24) is 4.98 Å². The van der Waals surface area contributed by atoms with Gasteiger partial charge in [0, 0.05) is 25.9 Å². The molecule has 1 aromatic rings. The van der Waals surface area contributed by atoms with Crippen LogP contribution in [0.3, 0.4) is 0 Å². The number of aliphatic hydroxyl groups is 1. The van der Waals surface area contributed by atoms with Crippen LogP contribution in [0.2, 0.25) is 0 Å². The summed E-state index contributed by atoms with van der Waals surface area (Å²) in [6.45, 7) is 2.13. The fraction of sp³-hybridized carbons (Fsp3) is 0.500. The lowest BCUT2D eigenvalue weighted by molar-refractivity contribution is 0.263. The second-order valence-electron chi connectivity index (χ2n) is 4.35. The van der Waals surface area contributed by atoms with E-state index in [0.717, 1.165) is 37.3 Å². The van der Waals surface area contributed by atoms with Crippen LogP contribution in [0.4, 0.5) is 5.82 Å². The fourth-order valence-electron chi connectivity index (χ4n) is 2.28. The SMILES string of the molecule is NC(=S)c1cccnc1N1CCC(CCO)C1. The smallest absolute Gasteiger partial charge is 0.138 e. The Balaban J connectivity index is 2.16. The van der Waals surface area contributed by atoms with E-state index in [9.17, 15) is 0 Å². The second-order valence-corrected chi connectivity index (χ2v) is 4.79. The van der Waals surface area contributed by atoms with Crippen LogP contribution in [-0.2, 0) is 0 Å². The molecule has 1 saturated heterocycles. The normalized spacial score (nSPS) is 19.6. The number of aromatic nitrogens is 1. The highest BCUT2D eigenvalue weighted by Gasteiger charge is 2.24. The molecule has 17 heavy (non-hydrogen) atoms. The Morgan fingerprint density at radius 3 is 3.18 bits per heavy atom. The molecule has 1 aliphatic heterocycles. The number of rotatable bonds is 4. The second kappa shape index (κ2) is 5.42. The third kappa shape index (κ3) is 2.73. The minimum atomic E-state index is 0.253. The molecule has 1 fully saturated rings. The lowest BCUT2D eigenvalue weighted by Gasteiger charge is -2.20. The minimum absolute atomic E-state index is 0.253. The first kappa shape index (κ1) is 12.3. The Labute approximate surface area is 106 Å². The maximum Gasteiger partial charge on any atom is 0.138 e. The molecule has 1 unspecified atom stereocenters. The molecule has 0 aliphatic carbocycles. The van der Waals surface area contributed by atoms with Crippen molar-refractivity contribution < 1.29 is 5.11 Å². The summed E-state index contributed by atoms with van der Waals surface area (Å²) in [5.41, 5.74) is 6.54. The monoisotopic (exact) mass is 251 g/mol. The summed E-state index contributed by atoms with van der Waals surface area (Å²) in [4.78, 5) is 6.96. The summed E-state index contributed by atoms with van der Waals surface area (Å²) < 4.78 is 0. The van der Waals surface area contributed by atoms with E-state index in [1.54, 1.807) is 6.20 Å². The van der Waals surface area contributed by atoms with Crippen molar-refractivity contribution >= 4 is 23.0 Å². The highest BCUT2D eigenvalue weighted by Crippen LogP contribution is 2.26. The van der Waals surface area contributed by atoms with Crippen LogP contribution in [0, 0.1) is 5.92 Å². The molecule has 0 bridgehead atoms. The number of nitrogens with zero attached hydrogens (tertiary/aromatic N) is 2. The Hall–Kier alpha value is -1.20. The van der Waals surface area contributed by atoms with E-state index in [4.69, 9.17) is 23.1 Å². The molecule has 0 aromatic carbocycles. The topological polar surface area (TPSA) is 62.4 Å². The van der Waals surface area contributed by atoms with Crippen molar-refractivity contribution in [3.05, 3.63) is 23.9 Å². The Morgan fingerprint density at radius 2 is 2.47 bits per heavy atom. The summed E-state index contributed by atoms with van der Waals surface area (Å²) in [6.07, 6.45) is 3.70. The molecule has 0 spiro atoms. The summed E-state index contributed by atoms with van der Waals surface area (Å²) >= 11 is 5.04. The molecule has 92 valence electrons. The molecule has 1 atom stereocenters. The summed E-state index contributed by atoms with van der Waals surface area (Å²) in [5.74, 6) is 1.42. The van der Waals surface area contributed by atoms with E-state index < -0.39 is 0 Å². The zero-order valence-electron chi connectivity index (χ0n) is 9.67. The van der Waals surface area contributed by atoms with Gasteiger partial charge in [-0.05, 0) is 30.9 Å². The van der Waals surface area contributed by atoms with Crippen LogP contribution < -0.4 is 10.6 Å². The third-order valence-electron chi connectivity index (χ3n) is 3.17. The van der Waals surface area contributed by atoms with Gasteiger partial charge in [-0.3, -0.25) is 0 Å². The summed E-state index contributed by atoms with van der Waals surface area (Å²) in [6, 6.07) is 3.75. The summed E-state index contributed by atoms with van der Waals surface area (Å²) in [5, 5.41) is 8.95. The van der Waals surface area contributed by atoms with Gasteiger partial charge in [-0.25, -0.2) is 4.98 Å². The average molecular weight is 251 g/mol. The maximum atomic E-state index is 8.95. The standard InChI is InChI=1S/C12H17N3OS/c13-11(17)10-2-1-5-14-12(10)15-6-3-9(8-15)4-7-16/h1-2,5,9,16H,3-4,6-8H2,(H2,13,17). The van der Waals surface area contributed by atoms with Crippen molar-refractivity contribution in [1.29, 1.82) is 0 Å². The van der Waals surface area contributed by atoms with Gasteiger partial charge in [-0.15, -0.1) is 0 Å². The first-order valence-corrected chi connectivity index (χ1v) is 6.24. The molecule has 0 amide bonds. The Kier molecular flexibility index (Phi) is 3.91. The predicted octanol–water partition coefficient (Wildman–Crippen LogP) is 0.924. The maximum absolute atomic E-state index is 8.95. The average Bonchev–Trinajstić information content (AvgIpc) is 2.78. The molecular weight excluding hydrogens is 234 g/mol. The van der Waals surface area contributed by atoms with Gasteiger partial charge in [-0.2, -0.15) is 0 Å². The predicted molar refractivity (Wildman–Crippen MR) is 72.1 cm³/mol. The lowest BCUT2D eigenvalue weighted by Crippen LogP contribution is -2.25. The minimum Gasteiger partial charge on any atom is -0.396 e. The first-order chi connectivity index (χ1) is 8.22. The van der Waals surface area contributed by atoms with Crippen LogP contribution >= 0.6 is 12.2 Å². The molecule has 5 heteroatoms. The number of hydrogen-bond donors (Lipinski definition) is 2. The Bertz CT molecular complexity index is 410. The quantitative estimate of drug-likeness (QED) is 0.779. The van der Waals surface area contributed by atoms with E-state index in [1.807, 2.05) is 12.1 Å². The first-order valence-electron chi connectivity index (χ1n) is 5.83. The molecule has 2 rings (SSSR count). The van der Waals surface area contributed by atoms with Gasteiger partial charge < -0.3 is 15.7 Å². The van der Waals surface area contributed by atoms with Gasteiger partial charge in [0.15, 0.2) is 0 Å². The number of pyridine rings is 1. The number of aliphatic hydroxyl groups excluding tert-OH is 1. The van der Waals surface area contributed by atoms with Crippen molar-refractivity contribution in [2.45, 2.75) is 12.8 Å². The van der Waals surface area contributed by atoms with Gasteiger partial charge in [-0.1, -0.05) is 12.2 Å². The van der Waals surface area contributed by atoms with E-state index in [1.165, 1.54) is 0 Å². The van der Waals surface area contributed by atoms with Crippen LogP contribution in [0.15, 0.2) is 18.3 Å². The van der Waals surface area contributed by atoms with Gasteiger partial charge in [0.1, 0.15) is 10.8 Å². The molecule has 1 aliphatic rings.